The molecule has 0 bridgehead atoms. The molecule has 1 aliphatic rings. The van der Waals surface area contributed by atoms with Gasteiger partial charge in [-0.3, -0.25) is 0 Å². The van der Waals surface area contributed by atoms with E-state index in [2.05, 4.69) is 49.9 Å². The van der Waals surface area contributed by atoms with Crippen molar-refractivity contribution in [1.82, 2.24) is 0 Å². The van der Waals surface area contributed by atoms with Crippen LogP contribution in [0.3, 0.4) is 0 Å². The zero-order valence-corrected chi connectivity index (χ0v) is 13.0. The molecule has 1 aliphatic heterocycles. The number of rotatable bonds is 4. The Bertz CT molecular complexity index is 468. The normalized spacial score (nSPS) is 19.1. The minimum Gasteiger partial charge on any atom is -0.393 e. The Labute approximate surface area is 122 Å². The average molecular weight is 276 g/mol. The second-order valence-electron chi connectivity index (χ2n) is 6.38. The Morgan fingerprint density at radius 1 is 1.42 bits per heavy atom. The molecule has 1 heterocycles. The summed E-state index contributed by atoms with van der Waals surface area (Å²) >= 11 is 5.16. The summed E-state index contributed by atoms with van der Waals surface area (Å²) in [5.74, 6) is 0.711. The van der Waals surface area contributed by atoms with Gasteiger partial charge < -0.3 is 10.6 Å². The van der Waals surface area contributed by atoms with Gasteiger partial charge in [0.2, 0.25) is 0 Å². The predicted molar refractivity (Wildman–Crippen MR) is 86.7 cm³/mol. The third kappa shape index (κ3) is 3.27. The molecule has 2 rings (SSSR count). The van der Waals surface area contributed by atoms with Crippen molar-refractivity contribution >= 4 is 22.9 Å². The molecule has 2 N–H and O–H groups in total. The van der Waals surface area contributed by atoms with Crippen molar-refractivity contribution < 1.29 is 0 Å². The van der Waals surface area contributed by atoms with E-state index in [1.54, 1.807) is 0 Å². The van der Waals surface area contributed by atoms with Crippen molar-refractivity contribution in [1.29, 1.82) is 0 Å². The molecule has 0 amide bonds. The third-order valence-electron chi connectivity index (χ3n) is 4.11. The van der Waals surface area contributed by atoms with Gasteiger partial charge in [-0.05, 0) is 30.4 Å². The smallest absolute Gasteiger partial charge is 0.0785 e. The monoisotopic (exact) mass is 276 g/mol. The molecule has 0 radical (unpaired) electrons. The van der Waals surface area contributed by atoms with Crippen LogP contribution in [0.15, 0.2) is 24.3 Å². The molecule has 0 fully saturated rings. The second-order valence-corrected chi connectivity index (χ2v) is 6.82. The molecule has 0 saturated heterocycles. The van der Waals surface area contributed by atoms with Gasteiger partial charge in [-0.15, -0.1) is 0 Å². The fourth-order valence-corrected chi connectivity index (χ4v) is 2.76. The van der Waals surface area contributed by atoms with Crippen LogP contribution in [-0.2, 0) is 6.42 Å². The standard InChI is InChI=1S/C16H24N2S/c1-12-10-13-6-4-5-7-14(13)18(11-12)9-8-16(2,3)15(17)19/h4-7,12H,8-11H2,1-3H3,(H2,17,19). The summed E-state index contributed by atoms with van der Waals surface area (Å²) < 4.78 is 0. The number of fused-ring (bicyclic) bond motifs is 1. The van der Waals surface area contributed by atoms with Crippen LogP contribution < -0.4 is 10.6 Å². The molecule has 0 saturated carbocycles. The largest absolute Gasteiger partial charge is 0.393 e. The number of hydrogen-bond acceptors (Lipinski definition) is 2. The summed E-state index contributed by atoms with van der Waals surface area (Å²) in [4.78, 5) is 3.11. The molecule has 104 valence electrons. The molecule has 19 heavy (non-hydrogen) atoms. The van der Waals surface area contributed by atoms with E-state index >= 15 is 0 Å². The van der Waals surface area contributed by atoms with E-state index in [0.717, 1.165) is 19.5 Å². The Morgan fingerprint density at radius 3 is 2.79 bits per heavy atom. The number of nitrogens with zero attached hydrogens (tertiary/aromatic N) is 1. The van der Waals surface area contributed by atoms with Gasteiger partial charge >= 0.3 is 0 Å². The van der Waals surface area contributed by atoms with Crippen LogP contribution in [-0.4, -0.2) is 18.1 Å². The SMILES string of the molecule is CC1Cc2ccccc2N(CCC(C)(C)C(N)=S)C1. The van der Waals surface area contributed by atoms with Gasteiger partial charge in [0.1, 0.15) is 0 Å². The van der Waals surface area contributed by atoms with Gasteiger partial charge in [-0.1, -0.05) is 51.2 Å². The highest BCUT2D eigenvalue weighted by atomic mass is 32.1. The zero-order valence-electron chi connectivity index (χ0n) is 12.1. The summed E-state index contributed by atoms with van der Waals surface area (Å²) in [7, 11) is 0. The van der Waals surface area contributed by atoms with E-state index < -0.39 is 0 Å². The number of nitrogens with two attached hydrogens (primary N) is 1. The van der Waals surface area contributed by atoms with Crippen molar-refractivity contribution in [3.05, 3.63) is 29.8 Å². The van der Waals surface area contributed by atoms with Crippen LogP contribution in [0.2, 0.25) is 0 Å². The van der Waals surface area contributed by atoms with E-state index in [9.17, 15) is 0 Å². The second kappa shape index (κ2) is 5.49. The highest BCUT2D eigenvalue weighted by Gasteiger charge is 2.25. The van der Waals surface area contributed by atoms with Crippen molar-refractivity contribution in [3.63, 3.8) is 0 Å². The van der Waals surface area contributed by atoms with E-state index in [0.29, 0.717) is 10.9 Å². The lowest BCUT2D eigenvalue weighted by molar-refractivity contribution is 0.452. The van der Waals surface area contributed by atoms with E-state index in [1.807, 2.05) is 0 Å². The first-order valence-electron chi connectivity index (χ1n) is 7.03. The Morgan fingerprint density at radius 2 is 2.11 bits per heavy atom. The lowest BCUT2D eigenvalue weighted by atomic mass is 9.88. The minimum absolute atomic E-state index is 0.0645. The zero-order chi connectivity index (χ0) is 14.0. The minimum atomic E-state index is -0.0645. The summed E-state index contributed by atoms with van der Waals surface area (Å²) in [6, 6.07) is 8.74. The van der Waals surface area contributed by atoms with Gasteiger partial charge in [-0.2, -0.15) is 0 Å². The van der Waals surface area contributed by atoms with E-state index in [4.69, 9.17) is 18.0 Å². The third-order valence-corrected chi connectivity index (χ3v) is 4.66. The number of thiocarbonyl (C=S) groups is 1. The predicted octanol–water partition coefficient (Wildman–Crippen LogP) is 3.39. The maximum atomic E-state index is 5.82. The van der Waals surface area contributed by atoms with Crippen molar-refractivity contribution in [2.45, 2.75) is 33.6 Å². The topological polar surface area (TPSA) is 29.3 Å². The molecule has 0 aliphatic carbocycles. The maximum absolute atomic E-state index is 5.82. The Balaban J connectivity index is 2.11. The number of para-hydroxylation sites is 1. The molecular weight excluding hydrogens is 252 g/mol. The summed E-state index contributed by atoms with van der Waals surface area (Å²) in [5, 5.41) is 0. The van der Waals surface area contributed by atoms with Gasteiger partial charge in [0.25, 0.3) is 0 Å². The Kier molecular flexibility index (Phi) is 4.14. The molecule has 0 spiro atoms. The first-order valence-corrected chi connectivity index (χ1v) is 7.44. The van der Waals surface area contributed by atoms with Crippen LogP contribution in [0.25, 0.3) is 0 Å². The molecule has 0 aromatic heterocycles. The highest BCUT2D eigenvalue weighted by molar-refractivity contribution is 7.80. The fraction of sp³-hybridized carbons (Fsp3) is 0.562. The Hall–Kier alpha value is -1.09. The molecule has 1 aromatic rings. The van der Waals surface area contributed by atoms with Gasteiger partial charge in [0, 0.05) is 24.2 Å². The maximum Gasteiger partial charge on any atom is 0.0785 e. The summed E-state index contributed by atoms with van der Waals surface area (Å²) in [6.07, 6.45) is 2.19. The first-order chi connectivity index (χ1) is 8.90. The number of anilines is 1. The fourth-order valence-electron chi connectivity index (χ4n) is 2.66. The first kappa shape index (κ1) is 14.3. The van der Waals surface area contributed by atoms with Crippen LogP contribution in [0.1, 0.15) is 32.8 Å². The summed E-state index contributed by atoms with van der Waals surface area (Å²) in [6.45, 7) is 8.74. The molecule has 2 nitrogen and oxygen atoms in total. The lowest BCUT2D eigenvalue weighted by Crippen LogP contribution is -2.39. The number of benzene rings is 1. The van der Waals surface area contributed by atoms with Gasteiger partial charge in [-0.25, -0.2) is 0 Å². The average Bonchev–Trinajstić information content (AvgIpc) is 2.35. The van der Waals surface area contributed by atoms with Crippen LogP contribution >= 0.6 is 12.2 Å². The molecule has 1 unspecified atom stereocenters. The summed E-state index contributed by atoms with van der Waals surface area (Å²) in [5.41, 5.74) is 8.61. The number of hydrogen-bond donors (Lipinski definition) is 1. The molecule has 1 aromatic carbocycles. The highest BCUT2D eigenvalue weighted by Crippen LogP contribution is 2.31. The van der Waals surface area contributed by atoms with Crippen LogP contribution in [0.4, 0.5) is 5.69 Å². The molecule has 1 atom stereocenters. The van der Waals surface area contributed by atoms with Gasteiger partial charge in [0.15, 0.2) is 0 Å². The molecule has 3 heteroatoms. The van der Waals surface area contributed by atoms with Crippen molar-refractivity contribution in [2.24, 2.45) is 17.1 Å². The quantitative estimate of drug-likeness (QED) is 0.855. The molecular formula is C16H24N2S. The van der Waals surface area contributed by atoms with Gasteiger partial charge in [0.05, 0.1) is 4.99 Å². The van der Waals surface area contributed by atoms with E-state index in [-0.39, 0.29) is 5.41 Å². The lowest BCUT2D eigenvalue weighted by Gasteiger charge is -2.37. The van der Waals surface area contributed by atoms with Crippen LogP contribution in [0, 0.1) is 11.3 Å². The van der Waals surface area contributed by atoms with E-state index in [1.165, 1.54) is 17.7 Å². The van der Waals surface area contributed by atoms with Crippen molar-refractivity contribution in [3.8, 4) is 0 Å². The van der Waals surface area contributed by atoms with Crippen LogP contribution in [0.5, 0.6) is 0 Å². The van der Waals surface area contributed by atoms with Crippen molar-refractivity contribution in [2.75, 3.05) is 18.0 Å².